The summed E-state index contributed by atoms with van der Waals surface area (Å²) in [5, 5.41) is 10.9. The normalized spacial score (nSPS) is 16.4. The first-order chi connectivity index (χ1) is 8.99. The number of nitro groups is 1. The van der Waals surface area contributed by atoms with Gasteiger partial charge in [0.15, 0.2) is 0 Å². The van der Waals surface area contributed by atoms with Crippen LogP contribution >= 0.6 is 11.6 Å². The molecule has 1 amide bonds. The van der Waals surface area contributed by atoms with E-state index in [2.05, 4.69) is 0 Å². The Kier molecular flexibility index (Phi) is 4.04. The summed E-state index contributed by atoms with van der Waals surface area (Å²) in [5.74, 6) is -0.0819. The van der Waals surface area contributed by atoms with Crippen LogP contribution in [0, 0.1) is 17.0 Å². The van der Waals surface area contributed by atoms with Crippen molar-refractivity contribution in [3.8, 4) is 0 Å². The number of rotatable bonds is 2. The lowest BCUT2D eigenvalue weighted by Gasteiger charge is -2.29. The quantitative estimate of drug-likeness (QED) is 0.476. The average molecular weight is 283 g/mol. The first-order valence-electron chi connectivity index (χ1n) is 6.17. The number of hydrogen-bond acceptors (Lipinski definition) is 3. The van der Waals surface area contributed by atoms with Crippen molar-refractivity contribution in [1.29, 1.82) is 0 Å². The van der Waals surface area contributed by atoms with Crippen LogP contribution < -0.4 is 0 Å². The summed E-state index contributed by atoms with van der Waals surface area (Å²) in [6.07, 6.45) is 1.58. The minimum absolute atomic E-state index is 0.0380. The molecular formula is C13H15ClN2O3. The second kappa shape index (κ2) is 5.57. The zero-order valence-corrected chi connectivity index (χ0v) is 11.4. The number of hydrogen-bond donors (Lipinski definition) is 0. The van der Waals surface area contributed by atoms with Gasteiger partial charge in [-0.25, -0.2) is 0 Å². The van der Waals surface area contributed by atoms with Crippen molar-refractivity contribution in [2.45, 2.75) is 25.1 Å². The van der Waals surface area contributed by atoms with Gasteiger partial charge in [-0.2, -0.15) is 0 Å². The molecule has 1 saturated heterocycles. The predicted octanol–water partition coefficient (Wildman–Crippen LogP) is 2.75. The largest absolute Gasteiger partial charge is 0.339 e. The highest BCUT2D eigenvalue weighted by Crippen LogP contribution is 2.22. The van der Waals surface area contributed by atoms with Crippen molar-refractivity contribution in [2.75, 3.05) is 13.1 Å². The molecule has 6 heteroatoms. The van der Waals surface area contributed by atoms with Crippen LogP contribution in [0.5, 0.6) is 0 Å². The highest BCUT2D eigenvalue weighted by atomic mass is 35.5. The monoisotopic (exact) mass is 282 g/mol. The molecule has 1 aromatic rings. The summed E-state index contributed by atoms with van der Waals surface area (Å²) in [5.41, 5.74) is 1.04. The topological polar surface area (TPSA) is 63.5 Å². The number of benzene rings is 1. The summed E-state index contributed by atoms with van der Waals surface area (Å²) in [6.45, 7) is 2.92. The molecule has 0 saturated carbocycles. The lowest BCUT2D eigenvalue weighted by molar-refractivity contribution is -0.385. The zero-order valence-electron chi connectivity index (χ0n) is 10.6. The molecule has 5 nitrogen and oxygen atoms in total. The third-order valence-electron chi connectivity index (χ3n) is 3.35. The van der Waals surface area contributed by atoms with Crippen LogP contribution in [0.1, 0.15) is 28.8 Å². The molecule has 0 aliphatic carbocycles. The fourth-order valence-electron chi connectivity index (χ4n) is 2.23. The number of halogens is 1. The smallest absolute Gasteiger partial charge is 0.272 e. The molecule has 0 aromatic heterocycles. The van der Waals surface area contributed by atoms with Crippen LogP contribution in [0.25, 0.3) is 0 Å². The SMILES string of the molecule is Cc1cc(C(=O)N2CCC(Cl)CC2)ccc1[N+](=O)[O-]. The second-order valence-corrected chi connectivity index (χ2v) is 5.34. The van der Waals surface area contributed by atoms with E-state index in [1.807, 2.05) is 0 Å². The second-order valence-electron chi connectivity index (χ2n) is 4.73. The summed E-state index contributed by atoms with van der Waals surface area (Å²) in [6, 6.07) is 4.48. The maximum absolute atomic E-state index is 12.3. The first kappa shape index (κ1) is 13.8. The first-order valence-corrected chi connectivity index (χ1v) is 6.61. The van der Waals surface area contributed by atoms with E-state index in [1.165, 1.54) is 12.1 Å². The number of carbonyl (C=O) groups is 1. The minimum atomic E-state index is -0.442. The average Bonchev–Trinajstić information content (AvgIpc) is 2.38. The van der Waals surface area contributed by atoms with Crippen molar-refractivity contribution in [1.82, 2.24) is 4.90 Å². The van der Waals surface area contributed by atoms with E-state index in [0.717, 1.165) is 12.8 Å². The Hall–Kier alpha value is -1.62. The lowest BCUT2D eigenvalue weighted by Crippen LogP contribution is -2.38. The highest BCUT2D eigenvalue weighted by molar-refractivity contribution is 6.20. The van der Waals surface area contributed by atoms with E-state index >= 15 is 0 Å². The number of piperidine rings is 1. The van der Waals surface area contributed by atoms with Gasteiger partial charge in [0, 0.05) is 35.7 Å². The third-order valence-corrected chi connectivity index (χ3v) is 3.79. The predicted molar refractivity (Wildman–Crippen MR) is 72.6 cm³/mol. The van der Waals surface area contributed by atoms with Crippen molar-refractivity contribution in [2.24, 2.45) is 0 Å². The van der Waals surface area contributed by atoms with E-state index in [9.17, 15) is 14.9 Å². The number of nitro benzene ring substituents is 1. The summed E-state index contributed by atoms with van der Waals surface area (Å²) < 4.78 is 0. The third kappa shape index (κ3) is 3.04. The van der Waals surface area contributed by atoms with Crippen LogP contribution in [0.2, 0.25) is 0 Å². The van der Waals surface area contributed by atoms with E-state index in [1.54, 1.807) is 17.9 Å². The Morgan fingerprint density at radius 2 is 2.05 bits per heavy atom. The molecule has 1 fully saturated rings. The molecule has 19 heavy (non-hydrogen) atoms. The number of aryl methyl sites for hydroxylation is 1. The Balaban J connectivity index is 2.16. The fourth-order valence-corrected chi connectivity index (χ4v) is 2.42. The van der Waals surface area contributed by atoms with E-state index < -0.39 is 4.92 Å². The lowest BCUT2D eigenvalue weighted by atomic mass is 10.1. The Morgan fingerprint density at radius 3 is 2.58 bits per heavy atom. The van der Waals surface area contributed by atoms with Gasteiger partial charge in [0.2, 0.25) is 0 Å². The summed E-state index contributed by atoms with van der Waals surface area (Å²) >= 11 is 6.00. The number of nitrogens with zero attached hydrogens (tertiary/aromatic N) is 2. The molecular weight excluding hydrogens is 268 g/mol. The molecule has 1 aromatic carbocycles. The molecule has 102 valence electrons. The van der Waals surface area contributed by atoms with Gasteiger partial charge in [-0.3, -0.25) is 14.9 Å². The number of likely N-dealkylation sites (tertiary alicyclic amines) is 1. The van der Waals surface area contributed by atoms with Crippen LogP contribution in [0.4, 0.5) is 5.69 Å². The van der Waals surface area contributed by atoms with Crippen molar-refractivity contribution in [3.05, 3.63) is 39.4 Å². The molecule has 0 atom stereocenters. The minimum Gasteiger partial charge on any atom is -0.339 e. The van der Waals surface area contributed by atoms with Crippen LogP contribution in [-0.2, 0) is 0 Å². The standard InChI is InChI=1S/C13H15ClN2O3/c1-9-8-10(2-3-12(9)16(18)19)13(17)15-6-4-11(14)5-7-15/h2-3,8,11H,4-7H2,1H3. The Bertz CT molecular complexity index is 511. The zero-order chi connectivity index (χ0) is 14.0. The number of alkyl halides is 1. The van der Waals surface area contributed by atoms with Gasteiger partial charge in [-0.15, -0.1) is 11.6 Å². The molecule has 0 N–H and O–H groups in total. The van der Waals surface area contributed by atoms with Gasteiger partial charge in [-0.1, -0.05) is 0 Å². The summed E-state index contributed by atoms with van der Waals surface area (Å²) in [4.78, 5) is 24.3. The fraction of sp³-hybridized carbons (Fsp3) is 0.462. The van der Waals surface area contributed by atoms with Crippen molar-refractivity contribution >= 4 is 23.2 Å². The molecule has 1 aliphatic heterocycles. The molecule has 0 spiro atoms. The van der Waals surface area contributed by atoms with Gasteiger partial charge in [-0.05, 0) is 31.9 Å². The summed E-state index contributed by atoms with van der Waals surface area (Å²) in [7, 11) is 0. The van der Waals surface area contributed by atoms with Crippen LogP contribution in [0.3, 0.4) is 0 Å². The van der Waals surface area contributed by atoms with Crippen molar-refractivity contribution < 1.29 is 9.72 Å². The van der Waals surface area contributed by atoms with Crippen LogP contribution in [-0.4, -0.2) is 34.2 Å². The van der Waals surface area contributed by atoms with Crippen LogP contribution in [0.15, 0.2) is 18.2 Å². The maximum Gasteiger partial charge on any atom is 0.272 e. The molecule has 0 bridgehead atoms. The van der Waals surface area contributed by atoms with E-state index in [4.69, 9.17) is 11.6 Å². The Morgan fingerprint density at radius 1 is 1.42 bits per heavy atom. The molecule has 0 radical (unpaired) electrons. The van der Waals surface area contributed by atoms with E-state index in [-0.39, 0.29) is 17.0 Å². The van der Waals surface area contributed by atoms with Crippen molar-refractivity contribution in [3.63, 3.8) is 0 Å². The maximum atomic E-state index is 12.3. The molecule has 2 rings (SSSR count). The molecule has 1 aliphatic rings. The van der Waals surface area contributed by atoms with E-state index in [0.29, 0.717) is 24.2 Å². The van der Waals surface area contributed by atoms with Gasteiger partial charge in [0.05, 0.1) is 4.92 Å². The molecule has 1 heterocycles. The molecule has 0 unspecified atom stereocenters. The van der Waals surface area contributed by atoms with Gasteiger partial charge in [0.25, 0.3) is 11.6 Å². The van der Waals surface area contributed by atoms with Gasteiger partial charge in [0.1, 0.15) is 0 Å². The van der Waals surface area contributed by atoms with Gasteiger partial charge >= 0.3 is 0 Å². The Labute approximate surface area is 116 Å². The van der Waals surface area contributed by atoms with Gasteiger partial charge < -0.3 is 4.90 Å². The number of carbonyl (C=O) groups excluding carboxylic acids is 1. The highest BCUT2D eigenvalue weighted by Gasteiger charge is 2.23. The number of amides is 1.